The molecule has 0 amide bonds. The van der Waals surface area contributed by atoms with E-state index in [1.807, 2.05) is 13.8 Å². The molecule has 0 aliphatic heterocycles. The summed E-state index contributed by atoms with van der Waals surface area (Å²) in [5.41, 5.74) is -0.201. The highest BCUT2D eigenvalue weighted by atomic mass is 19.3. The standard InChI is InChI=1S/C10H15F2NO/c1-5-10(11,12)9-8(6(2)3)14-7(4)13-9/h6H,5H2,1-4H3. The largest absolute Gasteiger partial charge is 0.445 e. The first-order chi connectivity index (χ1) is 6.38. The van der Waals surface area contributed by atoms with Crippen LogP contribution in [0.4, 0.5) is 8.78 Å². The van der Waals surface area contributed by atoms with Crippen LogP contribution in [0.2, 0.25) is 0 Å². The molecule has 0 saturated heterocycles. The Balaban J connectivity index is 3.19. The summed E-state index contributed by atoms with van der Waals surface area (Å²) in [6.45, 7) is 6.65. The van der Waals surface area contributed by atoms with Crippen molar-refractivity contribution in [1.82, 2.24) is 4.98 Å². The zero-order valence-electron chi connectivity index (χ0n) is 8.90. The number of oxazole rings is 1. The molecule has 4 heteroatoms. The van der Waals surface area contributed by atoms with Crippen molar-refractivity contribution in [2.45, 2.75) is 46.0 Å². The Labute approximate surface area is 82.3 Å². The van der Waals surface area contributed by atoms with Crippen molar-refractivity contribution in [2.24, 2.45) is 0 Å². The number of hydrogen-bond acceptors (Lipinski definition) is 2. The number of aryl methyl sites for hydroxylation is 1. The van der Waals surface area contributed by atoms with Crippen LogP contribution in [0, 0.1) is 6.92 Å². The van der Waals surface area contributed by atoms with Crippen molar-refractivity contribution in [1.29, 1.82) is 0 Å². The zero-order chi connectivity index (χ0) is 10.9. The lowest BCUT2D eigenvalue weighted by molar-refractivity contribution is -0.0143. The Bertz CT molecular complexity index is 318. The van der Waals surface area contributed by atoms with Crippen molar-refractivity contribution in [2.75, 3.05) is 0 Å². The average Bonchev–Trinajstić information content (AvgIpc) is 2.48. The lowest BCUT2D eigenvalue weighted by Gasteiger charge is -2.13. The lowest BCUT2D eigenvalue weighted by atomic mass is 10.0. The van der Waals surface area contributed by atoms with Crippen LogP contribution in [0.25, 0.3) is 0 Å². The van der Waals surface area contributed by atoms with Gasteiger partial charge in [-0.05, 0) is 0 Å². The summed E-state index contributed by atoms with van der Waals surface area (Å²) in [5.74, 6) is -2.34. The summed E-state index contributed by atoms with van der Waals surface area (Å²) in [7, 11) is 0. The molecule has 1 aromatic rings. The van der Waals surface area contributed by atoms with Crippen molar-refractivity contribution < 1.29 is 13.2 Å². The molecule has 1 aromatic heterocycles. The molecule has 1 heterocycles. The number of alkyl halides is 2. The van der Waals surface area contributed by atoms with Crippen LogP contribution in [0.5, 0.6) is 0 Å². The third kappa shape index (κ3) is 1.94. The number of nitrogens with zero attached hydrogens (tertiary/aromatic N) is 1. The highest BCUT2D eigenvalue weighted by Crippen LogP contribution is 2.36. The van der Waals surface area contributed by atoms with Gasteiger partial charge in [0.25, 0.3) is 5.92 Å². The monoisotopic (exact) mass is 203 g/mol. The van der Waals surface area contributed by atoms with Crippen LogP contribution in [-0.2, 0) is 5.92 Å². The summed E-state index contributed by atoms with van der Waals surface area (Å²) in [5, 5.41) is 0. The van der Waals surface area contributed by atoms with Crippen molar-refractivity contribution in [3.8, 4) is 0 Å². The molecule has 14 heavy (non-hydrogen) atoms. The lowest BCUT2D eigenvalue weighted by Crippen LogP contribution is -2.15. The minimum absolute atomic E-state index is 0.0661. The van der Waals surface area contributed by atoms with Gasteiger partial charge in [-0.25, -0.2) is 4.98 Å². The van der Waals surface area contributed by atoms with E-state index in [0.717, 1.165) is 0 Å². The second-order valence-electron chi connectivity index (χ2n) is 3.66. The Morgan fingerprint density at radius 2 is 2.00 bits per heavy atom. The SMILES string of the molecule is CCC(F)(F)c1nc(C)oc1C(C)C. The van der Waals surface area contributed by atoms with E-state index in [2.05, 4.69) is 4.98 Å². The third-order valence-electron chi connectivity index (χ3n) is 2.08. The van der Waals surface area contributed by atoms with Crippen LogP contribution in [0.3, 0.4) is 0 Å². The summed E-state index contributed by atoms with van der Waals surface area (Å²) in [6, 6.07) is 0. The molecule has 0 unspecified atom stereocenters. The second-order valence-corrected chi connectivity index (χ2v) is 3.66. The molecule has 2 nitrogen and oxygen atoms in total. The van der Waals surface area contributed by atoms with Crippen molar-refractivity contribution in [3.63, 3.8) is 0 Å². The molecular formula is C10H15F2NO. The van der Waals surface area contributed by atoms with Crippen molar-refractivity contribution >= 4 is 0 Å². The highest BCUT2D eigenvalue weighted by molar-refractivity contribution is 5.18. The Hall–Kier alpha value is -0.930. The number of aromatic nitrogens is 1. The molecule has 0 saturated carbocycles. The van der Waals surface area contributed by atoms with E-state index < -0.39 is 5.92 Å². The maximum Gasteiger partial charge on any atom is 0.292 e. The first-order valence-corrected chi connectivity index (χ1v) is 4.74. The summed E-state index contributed by atoms with van der Waals surface area (Å²) in [4.78, 5) is 3.76. The Morgan fingerprint density at radius 1 is 1.43 bits per heavy atom. The Kier molecular flexibility index (Phi) is 2.92. The van der Waals surface area contributed by atoms with Gasteiger partial charge >= 0.3 is 0 Å². The molecule has 0 atom stereocenters. The van der Waals surface area contributed by atoms with Gasteiger partial charge in [0.15, 0.2) is 11.6 Å². The molecule has 0 fully saturated rings. The van der Waals surface area contributed by atoms with Gasteiger partial charge in [-0.3, -0.25) is 0 Å². The fourth-order valence-corrected chi connectivity index (χ4v) is 1.26. The molecule has 80 valence electrons. The van der Waals surface area contributed by atoms with Crippen LogP contribution in [0.15, 0.2) is 4.42 Å². The quantitative estimate of drug-likeness (QED) is 0.750. The molecular weight excluding hydrogens is 188 g/mol. The van der Waals surface area contributed by atoms with Gasteiger partial charge in [0.2, 0.25) is 0 Å². The Morgan fingerprint density at radius 3 is 2.43 bits per heavy atom. The van der Waals surface area contributed by atoms with Crippen LogP contribution < -0.4 is 0 Å². The number of halogens is 2. The maximum absolute atomic E-state index is 13.4. The minimum atomic E-state index is -2.88. The molecule has 0 spiro atoms. The first-order valence-electron chi connectivity index (χ1n) is 4.74. The minimum Gasteiger partial charge on any atom is -0.445 e. The summed E-state index contributed by atoms with van der Waals surface area (Å²) in [6.07, 6.45) is -0.251. The normalized spacial score (nSPS) is 12.5. The number of hydrogen-bond donors (Lipinski definition) is 0. The highest BCUT2D eigenvalue weighted by Gasteiger charge is 2.36. The van der Waals surface area contributed by atoms with E-state index in [0.29, 0.717) is 11.7 Å². The smallest absolute Gasteiger partial charge is 0.292 e. The molecule has 0 radical (unpaired) electrons. The first kappa shape index (κ1) is 11.1. The van der Waals surface area contributed by atoms with E-state index >= 15 is 0 Å². The van der Waals surface area contributed by atoms with Crippen LogP contribution >= 0.6 is 0 Å². The third-order valence-corrected chi connectivity index (χ3v) is 2.08. The molecule has 0 aromatic carbocycles. The second kappa shape index (κ2) is 3.67. The van der Waals surface area contributed by atoms with E-state index in [-0.39, 0.29) is 18.0 Å². The maximum atomic E-state index is 13.4. The van der Waals surface area contributed by atoms with E-state index in [1.54, 1.807) is 6.92 Å². The predicted molar refractivity (Wildman–Crippen MR) is 49.5 cm³/mol. The van der Waals surface area contributed by atoms with E-state index in [9.17, 15) is 8.78 Å². The summed E-state index contributed by atoms with van der Waals surface area (Å²) >= 11 is 0. The van der Waals surface area contributed by atoms with Gasteiger partial charge < -0.3 is 4.42 Å². The fourth-order valence-electron chi connectivity index (χ4n) is 1.26. The molecule has 0 N–H and O–H groups in total. The van der Waals surface area contributed by atoms with Crippen LogP contribution in [-0.4, -0.2) is 4.98 Å². The molecule has 0 bridgehead atoms. The van der Waals surface area contributed by atoms with Gasteiger partial charge in [-0.15, -0.1) is 0 Å². The average molecular weight is 203 g/mol. The zero-order valence-corrected chi connectivity index (χ0v) is 8.90. The van der Waals surface area contributed by atoms with Crippen LogP contribution in [0.1, 0.15) is 50.5 Å². The molecule has 0 aliphatic rings. The topological polar surface area (TPSA) is 26.0 Å². The summed E-state index contributed by atoms with van der Waals surface area (Å²) < 4.78 is 32.0. The fraction of sp³-hybridized carbons (Fsp3) is 0.700. The molecule has 1 rings (SSSR count). The van der Waals surface area contributed by atoms with Gasteiger partial charge in [0.05, 0.1) is 0 Å². The molecule has 0 aliphatic carbocycles. The van der Waals surface area contributed by atoms with E-state index in [4.69, 9.17) is 4.42 Å². The predicted octanol–water partition coefficient (Wildman–Crippen LogP) is 3.61. The van der Waals surface area contributed by atoms with Gasteiger partial charge in [0, 0.05) is 19.3 Å². The van der Waals surface area contributed by atoms with E-state index in [1.165, 1.54) is 6.92 Å². The van der Waals surface area contributed by atoms with Gasteiger partial charge in [-0.1, -0.05) is 20.8 Å². The van der Waals surface area contributed by atoms with Gasteiger partial charge in [0.1, 0.15) is 5.76 Å². The number of rotatable bonds is 3. The van der Waals surface area contributed by atoms with Gasteiger partial charge in [-0.2, -0.15) is 8.78 Å². The van der Waals surface area contributed by atoms with Crippen molar-refractivity contribution in [3.05, 3.63) is 17.3 Å².